The molecule has 1 aliphatic heterocycles. The van der Waals surface area contributed by atoms with E-state index in [0.29, 0.717) is 23.1 Å². The Kier molecular flexibility index (Phi) is 6.86. The van der Waals surface area contributed by atoms with Gasteiger partial charge in [-0.3, -0.25) is 9.59 Å². The van der Waals surface area contributed by atoms with Crippen LogP contribution in [0.15, 0.2) is 9.72 Å². The van der Waals surface area contributed by atoms with Crippen molar-refractivity contribution in [1.82, 2.24) is 9.88 Å². The van der Waals surface area contributed by atoms with Crippen molar-refractivity contribution in [3.8, 4) is 0 Å². The van der Waals surface area contributed by atoms with Crippen LogP contribution in [0.2, 0.25) is 0 Å². The van der Waals surface area contributed by atoms with Crippen LogP contribution in [0.1, 0.15) is 26.0 Å². The number of ether oxygens (including phenoxy) is 1. The first kappa shape index (κ1) is 20.2. The molecule has 1 aromatic rings. The zero-order chi connectivity index (χ0) is 18.6. The van der Waals surface area contributed by atoms with E-state index in [-0.39, 0.29) is 41.1 Å². The maximum Gasteiger partial charge on any atom is 0.311 e. The number of nitrogens with zero attached hydrogens (tertiary/aromatic N) is 2. The van der Waals surface area contributed by atoms with Crippen LogP contribution in [-0.4, -0.2) is 66.6 Å². The minimum Gasteiger partial charge on any atom is -0.466 e. The number of amides is 1. The van der Waals surface area contributed by atoms with E-state index < -0.39 is 9.84 Å². The van der Waals surface area contributed by atoms with Crippen molar-refractivity contribution >= 4 is 44.8 Å². The van der Waals surface area contributed by atoms with Crippen molar-refractivity contribution in [1.29, 1.82) is 0 Å². The average Bonchev–Trinajstić information content (AvgIpc) is 3.12. The van der Waals surface area contributed by atoms with Crippen molar-refractivity contribution in [3.05, 3.63) is 11.1 Å². The zero-order valence-electron chi connectivity index (χ0n) is 14.4. The minimum atomic E-state index is -3.03. The van der Waals surface area contributed by atoms with E-state index >= 15 is 0 Å². The van der Waals surface area contributed by atoms with Crippen molar-refractivity contribution in [2.24, 2.45) is 0 Å². The molecule has 10 heteroatoms. The highest BCUT2D eigenvalue weighted by molar-refractivity contribution is 8.02. The maximum absolute atomic E-state index is 12.5. The minimum absolute atomic E-state index is 0.0353. The lowest BCUT2D eigenvalue weighted by Gasteiger charge is -2.25. The Hall–Kier alpha value is -1.13. The number of carbonyl (C=O) groups excluding carboxylic acids is 2. The third-order valence-electron chi connectivity index (χ3n) is 3.89. The van der Waals surface area contributed by atoms with Gasteiger partial charge in [0.25, 0.3) is 0 Å². The fourth-order valence-electron chi connectivity index (χ4n) is 2.53. The standard InChI is InChI=1S/C15H22N2O5S3/c1-4-22-13(18)7-11-8-23-15(16-11)24-10(2)14(19)17(3)12-5-6-25(20,21)9-12/h8,10,12H,4-7,9H2,1-3H3/t10-,12+/m1/s1. The van der Waals surface area contributed by atoms with Crippen LogP contribution < -0.4 is 0 Å². The molecular formula is C15H22N2O5S3. The molecule has 0 aromatic carbocycles. The molecule has 0 aliphatic carbocycles. The fourth-order valence-corrected chi connectivity index (χ4v) is 6.39. The summed E-state index contributed by atoms with van der Waals surface area (Å²) >= 11 is 2.69. The fraction of sp³-hybridized carbons (Fsp3) is 0.667. The van der Waals surface area contributed by atoms with E-state index in [0.717, 1.165) is 0 Å². The quantitative estimate of drug-likeness (QED) is 0.499. The summed E-state index contributed by atoms with van der Waals surface area (Å²) in [7, 11) is -1.37. The summed E-state index contributed by atoms with van der Waals surface area (Å²) in [6, 6.07) is -0.254. The first-order chi connectivity index (χ1) is 11.7. The number of aromatic nitrogens is 1. The van der Waals surface area contributed by atoms with Crippen LogP contribution >= 0.6 is 23.1 Å². The lowest BCUT2D eigenvalue weighted by atomic mass is 10.2. The first-order valence-electron chi connectivity index (χ1n) is 7.95. The maximum atomic E-state index is 12.5. The van der Waals surface area contributed by atoms with E-state index in [1.165, 1.54) is 28.0 Å². The van der Waals surface area contributed by atoms with Crippen LogP contribution in [-0.2, 0) is 30.6 Å². The van der Waals surface area contributed by atoms with Crippen LogP contribution in [0, 0.1) is 0 Å². The van der Waals surface area contributed by atoms with Gasteiger partial charge in [0.2, 0.25) is 5.91 Å². The largest absolute Gasteiger partial charge is 0.466 e. The molecule has 25 heavy (non-hydrogen) atoms. The molecule has 2 heterocycles. The summed E-state index contributed by atoms with van der Waals surface area (Å²) in [6.07, 6.45) is 0.607. The van der Waals surface area contributed by atoms with Crippen LogP contribution in [0.5, 0.6) is 0 Å². The molecule has 0 unspecified atom stereocenters. The predicted octanol–water partition coefficient (Wildman–Crippen LogP) is 1.37. The van der Waals surface area contributed by atoms with Crippen LogP contribution in [0.3, 0.4) is 0 Å². The van der Waals surface area contributed by atoms with Gasteiger partial charge in [-0.1, -0.05) is 11.8 Å². The monoisotopic (exact) mass is 406 g/mol. The van der Waals surface area contributed by atoms with Gasteiger partial charge in [0.1, 0.15) is 0 Å². The molecule has 7 nitrogen and oxygen atoms in total. The highest BCUT2D eigenvalue weighted by Crippen LogP contribution is 2.29. The number of sulfone groups is 1. The van der Waals surface area contributed by atoms with Crippen molar-refractivity contribution in [2.45, 2.75) is 42.3 Å². The second-order valence-corrected chi connectivity index (χ2v) is 10.5. The lowest BCUT2D eigenvalue weighted by molar-refractivity contribution is -0.142. The molecule has 1 fully saturated rings. The number of rotatable bonds is 7. The molecule has 1 aliphatic rings. The van der Waals surface area contributed by atoms with E-state index in [4.69, 9.17) is 4.74 Å². The topological polar surface area (TPSA) is 93.6 Å². The molecule has 2 rings (SSSR count). The Bertz CT molecular complexity index is 731. The number of hydrogen-bond donors (Lipinski definition) is 0. The van der Waals surface area contributed by atoms with Gasteiger partial charge in [0.15, 0.2) is 14.2 Å². The van der Waals surface area contributed by atoms with Gasteiger partial charge in [-0.05, 0) is 20.3 Å². The molecule has 140 valence electrons. The Morgan fingerprint density at radius 2 is 2.24 bits per heavy atom. The molecule has 0 saturated carbocycles. The van der Waals surface area contributed by atoms with Gasteiger partial charge in [-0.25, -0.2) is 13.4 Å². The van der Waals surface area contributed by atoms with Gasteiger partial charge in [-0.2, -0.15) is 0 Å². The van der Waals surface area contributed by atoms with E-state index in [1.807, 2.05) is 0 Å². The zero-order valence-corrected chi connectivity index (χ0v) is 16.9. The number of thioether (sulfide) groups is 1. The van der Waals surface area contributed by atoms with E-state index in [1.54, 1.807) is 26.3 Å². The van der Waals surface area contributed by atoms with Crippen LogP contribution in [0.4, 0.5) is 0 Å². The van der Waals surface area contributed by atoms with E-state index in [2.05, 4.69) is 4.98 Å². The summed E-state index contributed by atoms with van der Waals surface area (Å²) in [4.78, 5) is 29.9. The molecular weight excluding hydrogens is 384 g/mol. The van der Waals surface area contributed by atoms with Crippen molar-refractivity contribution < 1.29 is 22.7 Å². The Balaban J connectivity index is 1.90. The number of hydrogen-bond acceptors (Lipinski definition) is 8. The Morgan fingerprint density at radius 3 is 2.84 bits per heavy atom. The lowest BCUT2D eigenvalue weighted by Crippen LogP contribution is -2.41. The van der Waals surface area contributed by atoms with Gasteiger partial charge in [-0.15, -0.1) is 11.3 Å². The summed E-state index contributed by atoms with van der Waals surface area (Å²) in [6.45, 7) is 3.86. The molecule has 0 radical (unpaired) electrons. The summed E-state index contributed by atoms with van der Waals surface area (Å²) in [5.74, 6) is -0.265. The summed E-state index contributed by atoms with van der Waals surface area (Å²) < 4.78 is 28.7. The molecule has 0 bridgehead atoms. The molecule has 1 amide bonds. The number of esters is 1. The first-order valence-corrected chi connectivity index (χ1v) is 11.5. The third kappa shape index (κ3) is 5.68. The van der Waals surface area contributed by atoms with Gasteiger partial charge in [0, 0.05) is 18.5 Å². The van der Waals surface area contributed by atoms with E-state index in [9.17, 15) is 18.0 Å². The predicted molar refractivity (Wildman–Crippen MR) is 97.6 cm³/mol. The second-order valence-electron chi connectivity index (χ2n) is 5.85. The molecule has 0 spiro atoms. The normalized spacial score (nSPS) is 20.2. The number of carbonyl (C=O) groups is 2. The van der Waals surface area contributed by atoms with Gasteiger partial charge >= 0.3 is 5.97 Å². The molecule has 2 atom stereocenters. The second kappa shape index (κ2) is 8.50. The third-order valence-corrected chi connectivity index (χ3v) is 7.75. The molecule has 0 N–H and O–H groups in total. The molecule has 1 saturated heterocycles. The molecule has 1 aromatic heterocycles. The summed E-state index contributed by atoms with van der Waals surface area (Å²) in [5.41, 5.74) is 0.626. The SMILES string of the molecule is CCOC(=O)Cc1csc(S[C@H](C)C(=O)N(C)[C@H]2CCS(=O)(=O)C2)n1. The van der Waals surface area contributed by atoms with Crippen molar-refractivity contribution in [2.75, 3.05) is 25.2 Å². The van der Waals surface area contributed by atoms with Gasteiger partial charge < -0.3 is 9.64 Å². The van der Waals surface area contributed by atoms with Gasteiger partial charge in [0.05, 0.1) is 35.5 Å². The highest BCUT2D eigenvalue weighted by Gasteiger charge is 2.34. The summed E-state index contributed by atoms with van der Waals surface area (Å²) in [5, 5.41) is 1.40. The highest BCUT2D eigenvalue weighted by atomic mass is 32.2. The average molecular weight is 407 g/mol. The van der Waals surface area contributed by atoms with Crippen LogP contribution in [0.25, 0.3) is 0 Å². The smallest absolute Gasteiger partial charge is 0.311 e. The Labute approximate surface area is 156 Å². The van der Waals surface area contributed by atoms with Crippen molar-refractivity contribution in [3.63, 3.8) is 0 Å². The number of thiazole rings is 1. The Morgan fingerprint density at radius 1 is 1.52 bits per heavy atom.